The lowest BCUT2D eigenvalue weighted by molar-refractivity contribution is 1.18. The number of hydrogen-bond donors (Lipinski definition) is 0. The van der Waals surface area contributed by atoms with E-state index < -0.39 is 0 Å². The van der Waals surface area contributed by atoms with Gasteiger partial charge in [-0.1, -0.05) is 194 Å². The van der Waals surface area contributed by atoms with Crippen LogP contribution in [0.25, 0.3) is 167 Å². The van der Waals surface area contributed by atoms with E-state index in [1.165, 1.54) is 162 Å². The van der Waals surface area contributed by atoms with Gasteiger partial charge >= 0.3 is 0 Å². The fourth-order valence-electron chi connectivity index (χ4n) is 13.5. The van der Waals surface area contributed by atoms with Crippen molar-refractivity contribution in [2.24, 2.45) is 0 Å². The average Bonchev–Trinajstić information content (AvgIpc) is 4.17. The molecule has 0 aliphatic heterocycles. The van der Waals surface area contributed by atoms with Gasteiger partial charge in [-0.25, -0.2) is 0 Å². The van der Waals surface area contributed by atoms with Crippen molar-refractivity contribution in [1.29, 1.82) is 0 Å². The molecule has 0 radical (unpaired) electrons. The van der Waals surface area contributed by atoms with Crippen molar-refractivity contribution in [3.05, 3.63) is 261 Å². The van der Waals surface area contributed by atoms with E-state index in [4.69, 9.17) is 0 Å². The summed E-state index contributed by atoms with van der Waals surface area (Å²) in [5, 5.41) is 25.5. The van der Waals surface area contributed by atoms with Gasteiger partial charge in [0.15, 0.2) is 0 Å². The van der Waals surface area contributed by atoms with Crippen LogP contribution in [0.1, 0.15) is 0 Å². The quantitative estimate of drug-likeness (QED) is 0.122. The first-order chi connectivity index (χ1) is 37.7. The zero-order valence-corrected chi connectivity index (χ0v) is 42.0. The Labute approximate surface area is 441 Å². The van der Waals surface area contributed by atoms with Crippen molar-refractivity contribution < 1.29 is 0 Å². The molecular weight excluding hydrogens is 935 g/mol. The molecule has 0 atom stereocenters. The van der Waals surface area contributed by atoms with Gasteiger partial charge in [-0.2, -0.15) is 0 Å². The molecule has 0 saturated heterocycles. The summed E-state index contributed by atoms with van der Waals surface area (Å²) in [6, 6.07) is 98.0. The van der Waals surface area contributed by atoms with Crippen LogP contribution >= 0.6 is 11.3 Å². The summed E-state index contributed by atoms with van der Waals surface area (Å²) in [5.74, 6) is 0. The fraction of sp³-hybridized carbons (Fsp3) is 0. The first kappa shape index (κ1) is 41.8. The maximum absolute atomic E-state index is 2.50. The average molecular weight is 978 g/mol. The lowest BCUT2D eigenvalue weighted by atomic mass is 9.81. The Balaban J connectivity index is 0.902. The molecule has 15 aromatic carbocycles. The molecule has 350 valence electrons. The van der Waals surface area contributed by atoms with Crippen LogP contribution in [-0.4, -0.2) is 4.57 Å². The molecule has 0 N–H and O–H groups in total. The number of para-hydroxylation sites is 2. The highest BCUT2D eigenvalue weighted by atomic mass is 32.1. The summed E-state index contributed by atoms with van der Waals surface area (Å²) in [6.45, 7) is 0. The number of thiophene rings is 1. The smallest absolute Gasteiger partial charge is 0.0541 e. The number of hydrogen-bond acceptors (Lipinski definition) is 1. The lowest BCUT2D eigenvalue weighted by Crippen LogP contribution is -1.95. The van der Waals surface area contributed by atoms with E-state index in [1.807, 2.05) is 11.3 Å². The Bertz CT molecular complexity index is 5230. The third-order valence-corrected chi connectivity index (χ3v) is 17.8. The van der Waals surface area contributed by atoms with Crippen molar-refractivity contribution >= 4 is 139 Å². The number of fused-ring (bicyclic) bond motifs is 17. The molecule has 0 fully saturated rings. The molecule has 0 aliphatic carbocycles. The summed E-state index contributed by atoms with van der Waals surface area (Å²) < 4.78 is 5.02. The van der Waals surface area contributed by atoms with Gasteiger partial charge in [0.05, 0.1) is 11.0 Å². The van der Waals surface area contributed by atoms with E-state index in [0.29, 0.717) is 0 Å². The van der Waals surface area contributed by atoms with Crippen molar-refractivity contribution in [3.8, 4) is 39.1 Å². The van der Waals surface area contributed by atoms with Crippen molar-refractivity contribution in [1.82, 2.24) is 4.57 Å². The van der Waals surface area contributed by atoms with E-state index in [-0.39, 0.29) is 0 Å². The number of nitrogens with zero attached hydrogens (tertiary/aromatic N) is 1. The van der Waals surface area contributed by atoms with Crippen molar-refractivity contribution in [2.45, 2.75) is 0 Å². The van der Waals surface area contributed by atoms with Gasteiger partial charge in [0.2, 0.25) is 0 Å². The van der Waals surface area contributed by atoms with Gasteiger partial charge < -0.3 is 4.57 Å². The Kier molecular flexibility index (Phi) is 8.78. The second-order valence-electron chi connectivity index (χ2n) is 20.6. The maximum Gasteiger partial charge on any atom is 0.0541 e. The number of benzene rings is 15. The van der Waals surface area contributed by atoms with Crippen LogP contribution in [0.2, 0.25) is 0 Å². The zero-order chi connectivity index (χ0) is 49.6. The molecule has 0 amide bonds. The standard InChI is InChI=1S/C74H43NS/c1-2-20-48(21-3-1)75-67-33-17-16-24-51(67)64-40-46(34-36-68(64)75)71-52-25-8-12-29-56(52)73(57-30-13-9-26-53(57)71)74-58-31-14-10-27-54(58)72(55-28-11-15-32-59(55)74)47-35-37-69-65(41-47)66-42-62-61-39-45-19-5-4-18-44(45)38-60(61)49-22-6-7-23-50(49)63(62)43-70(66)76-69/h1-43H. The molecule has 0 saturated carbocycles. The van der Waals surface area contributed by atoms with Crippen LogP contribution in [0.3, 0.4) is 0 Å². The molecule has 0 spiro atoms. The van der Waals surface area contributed by atoms with Gasteiger partial charge in [-0.3, -0.25) is 0 Å². The third-order valence-electron chi connectivity index (χ3n) is 16.7. The Morgan fingerprint density at radius 2 is 0.592 bits per heavy atom. The molecular formula is C74H43NS. The Hall–Kier alpha value is -9.60. The van der Waals surface area contributed by atoms with Gasteiger partial charge in [0.1, 0.15) is 0 Å². The predicted molar refractivity (Wildman–Crippen MR) is 330 cm³/mol. The predicted octanol–water partition coefficient (Wildman–Crippen LogP) is 21.4. The van der Waals surface area contributed by atoms with Gasteiger partial charge in [0.25, 0.3) is 0 Å². The second kappa shape index (κ2) is 16.0. The van der Waals surface area contributed by atoms with Crippen LogP contribution in [0, 0.1) is 0 Å². The van der Waals surface area contributed by atoms with Gasteiger partial charge in [-0.15, -0.1) is 11.3 Å². The van der Waals surface area contributed by atoms with E-state index in [2.05, 4.69) is 265 Å². The Morgan fingerprint density at radius 1 is 0.211 bits per heavy atom. The normalized spacial score (nSPS) is 12.2. The molecule has 2 aromatic heterocycles. The molecule has 17 aromatic rings. The molecule has 17 rings (SSSR count). The Morgan fingerprint density at radius 3 is 1.14 bits per heavy atom. The highest BCUT2D eigenvalue weighted by Gasteiger charge is 2.24. The highest BCUT2D eigenvalue weighted by molar-refractivity contribution is 7.26. The van der Waals surface area contributed by atoms with Crippen LogP contribution in [0.15, 0.2) is 261 Å². The van der Waals surface area contributed by atoms with Crippen molar-refractivity contribution in [2.75, 3.05) is 0 Å². The molecule has 2 heteroatoms. The van der Waals surface area contributed by atoms with Crippen LogP contribution < -0.4 is 0 Å². The summed E-state index contributed by atoms with van der Waals surface area (Å²) in [5.41, 5.74) is 11.1. The van der Waals surface area contributed by atoms with E-state index in [0.717, 1.165) is 5.69 Å². The monoisotopic (exact) mass is 977 g/mol. The summed E-state index contributed by atoms with van der Waals surface area (Å²) in [4.78, 5) is 0. The van der Waals surface area contributed by atoms with Crippen LogP contribution in [-0.2, 0) is 0 Å². The van der Waals surface area contributed by atoms with E-state index in [9.17, 15) is 0 Å². The van der Waals surface area contributed by atoms with Crippen LogP contribution in [0.5, 0.6) is 0 Å². The topological polar surface area (TPSA) is 4.93 Å². The van der Waals surface area contributed by atoms with E-state index >= 15 is 0 Å². The molecule has 0 bridgehead atoms. The minimum absolute atomic E-state index is 1.16. The minimum Gasteiger partial charge on any atom is -0.309 e. The molecule has 2 heterocycles. The molecule has 1 nitrogen and oxygen atoms in total. The third kappa shape index (κ3) is 5.90. The summed E-state index contributed by atoms with van der Waals surface area (Å²) >= 11 is 1.91. The lowest BCUT2D eigenvalue weighted by Gasteiger charge is -2.22. The van der Waals surface area contributed by atoms with E-state index in [1.54, 1.807) is 0 Å². The zero-order valence-electron chi connectivity index (χ0n) is 41.2. The van der Waals surface area contributed by atoms with Crippen LogP contribution in [0.4, 0.5) is 0 Å². The minimum atomic E-state index is 1.16. The molecule has 76 heavy (non-hydrogen) atoms. The number of aromatic nitrogens is 1. The highest BCUT2D eigenvalue weighted by Crippen LogP contribution is 2.52. The maximum atomic E-state index is 2.50. The summed E-state index contributed by atoms with van der Waals surface area (Å²) in [7, 11) is 0. The number of rotatable bonds is 4. The molecule has 0 aliphatic rings. The largest absolute Gasteiger partial charge is 0.309 e. The SMILES string of the molecule is c1ccc(-n2c3ccccc3c3cc(-c4c5ccccc5c(-c5c6ccccc6c(-c6ccc7sc8cc9c%10ccccc%10c%10cc%11ccccc%11cc%10c9cc8c7c6)c6ccccc56)c5ccccc45)ccc32)cc1. The summed E-state index contributed by atoms with van der Waals surface area (Å²) in [6.07, 6.45) is 0. The first-order valence-electron chi connectivity index (χ1n) is 26.3. The van der Waals surface area contributed by atoms with Gasteiger partial charge in [-0.05, 0) is 186 Å². The first-order valence-corrected chi connectivity index (χ1v) is 27.1. The van der Waals surface area contributed by atoms with Gasteiger partial charge in [0, 0.05) is 36.6 Å². The van der Waals surface area contributed by atoms with Crippen molar-refractivity contribution in [3.63, 3.8) is 0 Å². The molecule has 0 unspecified atom stereocenters. The second-order valence-corrected chi connectivity index (χ2v) is 21.7. The fourth-order valence-corrected chi connectivity index (χ4v) is 14.6.